The fourth-order valence-corrected chi connectivity index (χ4v) is 13.4. The Hall–Kier alpha value is -0.730. The number of nitrogens with one attached hydrogen (secondary N) is 1. The predicted octanol–water partition coefficient (Wildman–Crippen LogP) is 5.25. The van der Waals surface area contributed by atoms with Crippen molar-refractivity contribution in [3.63, 3.8) is 0 Å². The fourth-order valence-electron chi connectivity index (χ4n) is 13.4. The Bertz CT molecular complexity index is 1110. The summed E-state index contributed by atoms with van der Waals surface area (Å²) in [6.45, 7) is 18.9. The van der Waals surface area contributed by atoms with Gasteiger partial charge < -0.3 is 29.5 Å². The van der Waals surface area contributed by atoms with Gasteiger partial charge in [-0.25, -0.2) is 0 Å². The van der Waals surface area contributed by atoms with Crippen molar-refractivity contribution in [3.8, 4) is 0 Å². The molecule has 244 valence electrons. The van der Waals surface area contributed by atoms with Gasteiger partial charge in [0.25, 0.3) is 0 Å². The Balaban J connectivity index is 1.11. The van der Waals surface area contributed by atoms with Crippen LogP contribution in [0.4, 0.5) is 0 Å². The molecular formula is C36H60N2O5. The number of hydrogen-bond donors (Lipinski definition) is 2. The van der Waals surface area contributed by atoms with E-state index in [9.17, 15) is 9.90 Å². The molecule has 7 aliphatic rings. The molecule has 43 heavy (non-hydrogen) atoms. The van der Waals surface area contributed by atoms with Gasteiger partial charge in [-0.15, -0.1) is 0 Å². The van der Waals surface area contributed by atoms with Crippen molar-refractivity contribution in [1.29, 1.82) is 0 Å². The average molecular weight is 601 g/mol. The first-order valence-electron chi connectivity index (χ1n) is 17.8. The highest BCUT2D eigenvalue weighted by atomic mass is 16.7. The van der Waals surface area contributed by atoms with E-state index in [0.717, 1.165) is 19.4 Å². The van der Waals surface area contributed by atoms with Crippen LogP contribution in [0, 0.1) is 56.7 Å². The maximum absolute atomic E-state index is 12.7. The lowest BCUT2D eigenvalue weighted by atomic mass is 9.41. The summed E-state index contributed by atoms with van der Waals surface area (Å²) in [6.07, 6.45) is 9.20. The SMILES string of the molecule is CNC[C@H]1C[C@@H](C)[C@H]2[C@H](O1)[C@H](O)[C@@]1(C)[C@@H]3CC[C@H]4C(C)(C)[C@@H](O[C@H]5CN(C(=O)C(C)C)CCO5)CC[C@@]45C[C@@]35CC[C@]21C. The summed E-state index contributed by atoms with van der Waals surface area (Å²) < 4.78 is 19.7. The third-order valence-corrected chi connectivity index (χ3v) is 15.4. The minimum Gasteiger partial charge on any atom is -0.390 e. The first kappa shape index (κ1) is 30.9. The number of morpholine rings is 1. The maximum Gasteiger partial charge on any atom is 0.225 e. The van der Waals surface area contributed by atoms with Crippen LogP contribution in [0.25, 0.3) is 0 Å². The number of fused-ring (bicyclic) bond motifs is 4. The second-order valence-electron chi connectivity index (χ2n) is 17.6. The number of carbonyl (C=O) groups is 1. The molecule has 7 nitrogen and oxygen atoms in total. The Morgan fingerprint density at radius 3 is 2.51 bits per heavy atom. The van der Waals surface area contributed by atoms with Crippen LogP contribution in [-0.2, 0) is 19.0 Å². The first-order chi connectivity index (χ1) is 20.3. The number of aliphatic hydroxyl groups excluding tert-OH is 1. The van der Waals surface area contributed by atoms with E-state index in [2.05, 4.69) is 39.9 Å². The van der Waals surface area contributed by atoms with E-state index in [0.29, 0.717) is 54.2 Å². The zero-order valence-corrected chi connectivity index (χ0v) is 28.3. The van der Waals surface area contributed by atoms with Crippen LogP contribution >= 0.6 is 0 Å². The molecule has 0 aromatic carbocycles. The molecule has 5 aliphatic carbocycles. The fraction of sp³-hybridized carbons (Fsp3) is 0.972. The Labute approximate surface area is 260 Å². The Kier molecular flexibility index (Phi) is 7.28. The third-order valence-electron chi connectivity index (χ3n) is 15.4. The molecule has 2 spiro atoms. The van der Waals surface area contributed by atoms with E-state index in [-0.39, 0.29) is 52.7 Å². The second kappa shape index (κ2) is 10.1. The van der Waals surface area contributed by atoms with Crippen LogP contribution < -0.4 is 5.32 Å². The van der Waals surface area contributed by atoms with Gasteiger partial charge in [-0.1, -0.05) is 48.5 Å². The van der Waals surface area contributed by atoms with E-state index < -0.39 is 6.10 Å². The number of amides is 1. The lowest BCUT2D eigenvalue weighted by molar-refractivity contribution is -0.248. The molecule has 2 saturated heterocycles. The minimum atomic E-state index is -0.395. The van der Waals surface area contributed by atoms with Crippen molar-refractivity contribution in [3.05, 3.63) is 0 Å². The number of ether oxygens (including phenoxy) is 3. The van der Waals surface area contributed by atoms with Crippen molar-refractivity contribution >= 4 is 5.91 Å². The molecule has 0 bridgehead atoms. The molecule has 7 rings (SSSR count). The van der Waals surface area contributed by atoms with Crippen molar-refractivity contribution in [2.45, 2.75) is 131 Å². The molecule has 5 saturated carbocycles. The molecule has 2 heterocycles. The van der Waals surface area contributed by atoms with Gasteiger partial charge in [0, 0.05) is 24.4 Å². The smallest absolute Gasteiger partial charge is 0.225 e. The van der Waals surface area contributed by atoms with Gasteiger partial charge in [0.2, 0.25) is 5.91 Å². The van der Waals surface area contributed by atoms with Gasteiger partial charge in [-0.3, -0.25) is 4.79 Å². The summed E-state index contributed by atoms with van der Waals surface area (Å²) in [5.41, 5.74) is 0.753. The zero-order valence-electron chi connectivity index (χ0n) is 28.3. The normalized spacial score (nSPS) is 53.3. The van der Waals surface area contributed by atoms with Crippen molar-refractivity contribution in [2.75, 3.05) is 33.3 Å². The number of hydrogen-bond acceptors (Lipinski definition) is 6. The Morgan fingerprint density at radius 2 is 1.79 bits per heavy atom. The highest BCUT2D eigenvalue weighted by Gasteiger charge is 2.84. The summed E-state index contributed by atoms with van der Waals surface area (Å²) in [5, 5.41) is 15.7. The van der Waals surface area contributed by atoms with Gasteiger partial charge >= 0.3 is 0 Å². The second-order valence-corrected chi connectivity index (χ2v) is 17.6. The molecule has 7 heteroatoms. The molecule has 0 aromatic heterocycles. The van der Waals surface area contributed by atoms with Crippen LogP contribution in [0.2, 0.25) is 0 Å². The van der Waals surface area contributed by atoms with Crippen LogP contribution in [0.5, 0.6) is 0 Å². The quantitative estimate of drug-likeness (QED) is 0.449. The summed E-state index contributed by atoms with van der Waals surface area (Å²) in [5.74, 6) is 2.37. The van der Waals surface area contributed by atoms with Gasteiger partial charge in [0.15, 0.2) is 6.29 Å². The number of carbonyl (C=O) groups excluding carboxylic acids is 1. The molecular weight excluding hydrogens is 540 g/mol. The van der Waals surface area contributed by atoms with Crippen molar-refractivity contribution in [2.24, 2.45) is 56.7 Å². The van der Waals surface area contributed by atoms with Gasteiger partial charge in [0.1, 0.15) is 0 Å². The highest BCUT2D eigenvalue weighted by molar-refractivity contribution is 5.78. The van der Waals surface area contributed by atoms with Gasteiger partial charge in [0.05, 0.1) is 37.6 Å². The molecule has 13 atom stereocenters. The number of aliphatic hydroxyl groups is 1. The Morgan fingerprint density at radius 1 is 1.07 bits per heavy atom. The lowest BCUT2D eigenvalue weighted by Gasteiger charge is -2.64. The summed E-state index contributed by atoms with van der Waals surface area (Å²) >= 11 is 0. The summed E-state index contributed by atoms with van der Waals surface area (Å²) in [7, 11) is 2.01. The minimum absolute atomic E-state index is 0.00272. The van der Waals surface area contributed by atoms with Crippen LogP contribution in [-0.4, -0.2) is 79.9 Å². The largest absolute Gasteiger partial charge is 0.390 e. The number of likely N-dealkylation sites (N-methyl/N-ethyl adjacent to an activating group) is 1. The predicted molar refractivity (Wildman–Crippen MR) is 166 cm³/mol. The van der Waals surface area contributed by atoms with E-state index >= 15 is 0 Å². The maximum atomic E-state index is 12.7. The lowest BCUT2D eigenvalue weighted by Crippen LogP contribution is -2.60. The molecule has 1 amide bonds. The average Bonchev–Trinajstić information content (AvgIpc) is 3.59. The van der Waals surface area contributed by atoms with E-state index in [1.807, 2.05) is 25.8 Å². The van der Waals surface area contributed by atoms with Gasteiger partial charge in [-0.2, -0.15) is 0 Å². The molecule has 2 aliphatic heterocycles. The summed E-state index contributed by atoms with van der Waals surface area (Å²) in [6, 6.07) is 0. The van der Waals surface area contributed by atoms with Crippen molar-refractivity contribution in [1.82, 2.24) is 10.2 Å². The molecule has 0 unspecified atom stereocenters. The highest BCUT2D eigenvalue weighted by Crippen LogP contribution is 2.89. The van der Waals surface area contributed by atoms with Crippen molar-refractivity contribution < 1.29 is 24.1 Å². The topological polar surface area (TPSA) is 80.3 Å². The summed E-state index contributed by atoms with van der Waals surface area (Å²) in [4.78, 5) is 14.7. The first-order valence-corrected chi connectivity index (χ1v) is 17.8. The van der Waals surface area contributed by atoms with E-state index in [1.165, 1.54) is 38.5 Å². The monoisotopic (exact) mass is 600 g/mol. The van der Waals surface area contributed by atoms with E-state index in [1.54, 1.807) is 0 Å². The number of rotatable bonds is 5. The van der Waals surface area contributed by atoms with Crippen LogP contribution in [0.3, 0.4) is 0 Å². The number of nitrogens with zero attached hydrogens (tertiary/aromatic N) is 1. The van der Waals surface area contributed by atoms with Gasteiger partial charge in [-0.05, 0) is 104 Å². The molecule has 0 radical (unpaired) electrons. The molecule has 0 aromatic rings. The molecule has 7 fully saturated rings. The third kappa shape index (κ3) is 3.99. The molecule has 2 N–H and O–H groups in total. The van der Waals surface area contributed by atoms with E-state index in [4.69, 9.17) is 14.2 Å². The standard InChI is InChI=1S/C36H60N2O5/c1-21(2)31(40)38-15-16-41-27(19-38)43-26-11-12-35-20-36(35)14-13-33(6)28-22(3)17-23(18-37-8)42-29(28)30(39)34(33,7)25(36)10-9-24(35)32(26,4)5/h21-30,37,39H,9-20H2,1-8H3/t22-,23-,24+,25+,26+,27+,28+,29+,30+,33-,34-,35-,36+/m1/s1. The van der Waals surface area contributed by atoms with Crippen LogP contribution in [0.15, 0.2) is 0 Å². The van der Waals surface area contributed by atoms with Crippen LogP contribution in [0.1, 0.15) is 99.8 Å². The zero-order chi connectivity index (χ0) is 30.7.